The fraction of sp³-hybridized carbons (Fsp3) is 0.278. The minimum Gasteiger partial charge on any atom is -0.494 e. The first-order valence-corrected chi connectivity index (χ1v) is 7.49. The van der Waals surface area contributed by atoms with Gasteiger partial charge in [-0.2, -0.15) is 0 Å². The second-order valence-electron chi connectivity index (χ2n) is 4.84. The van der Waals surface area contributed by atoms with Gasteiger partial charge in [-0.25, -0.2) is 4.79 Å². The molecule has 0 bridgehead atoms. The third kappa shape index (κ3) is 6.40. The van der Waals surface area contributed by atoms with Gasteiger partial charge in [0.05, 0.1) is 13.2 Å². The van der Waals surface area contributed by atoms with E-state index in [-0.39, 0.29) is 0 Å². The summed E-state index contributed by atoms with van der Waals surface area (Å²) in [5.41, 5.74) is 0. The van der Waals surface area contributed by atoms with Crippen LogP contribution in [0.2, 0.25) is 0 Å². The smallest absolute Gasteiger partial charge is 0.373 e. The Balaban J connectivity index is 1.64. The Morgan fingerprint density at radius 1 is 0.870 bits per heavy atom. The molecule has 5 nitrogen and oxygen atoms in total. The van der Waals surface area contributed by atoms with E-state index in [1.165, 1.54) is 0 Å². The Morgan fingerprint density at radius 3 is 2.04 bits per heavy atom. The maximum atomic E-state index is 11.1. The number of ether oxygens (including phenoxy) is 3. The Bertz CT molecular complexity index is 570. The van der Waals surface area contributed by atoms with Crippen molar-refractivity contribution < 1.29 is 24.1 Å². The molecule has 0 saturated carbocycles. The molecule has 2 rings (SSSR count). The molecule has 0 saturated heterocycles. The third-order valence-corrected chi connectivity index (χ3v) is 3.01. The molecule has 1 N–H and O–H groups in total. The molecule has 0 amide bonds. The van der Waals surface area contributed by atoms with E-state index in [0.29, 0.717) is 25.4 Å². The number of carboxylic acid groups (broad SMARTS) is 1. The van der Waals surface area contributed by atoms with Gasteiger partial charge in [-0.3, -0.25) is 0 Å². The van der Waals surface area contributed by atoms with Crippen LogP contribution in [0.25, 0.3) is 0 Å². The molecule has 2 aromatic rings. The van der Waals surface area contributed by atoms with Crippen molar-refractivity contribution in [3.05, 3.63) is 60.7 Å². The molecule has 0 fully saturated rings. The second kappa shape index (κ2) is 9.48. The van der Waals surface area contributed by atoms with Gasteiger partial charge in [-0.1, -0.05) is 36.4 Å². The number of hydrogen-bond donors (Lipinski definition) is 1. The third-order valence-electron chi connectivity index (χ3n) is 3.01. The molecule has 23 heavy (non-hydrogen) atoms. The fourth-order valence-electron chi connectivity index (χ4n) is 1.88. The lowest BCUT2D eigenvalue weighted by Crippen LogP contribution is -2.30. The zero-order chi connectivity index (χ0) is 16.3. The van der Waals surface area contributed by atoms with Crippen molar-refractivity contribution >= 4 is 5.97 Å². The number of unbranched alkanes of at least 4 members (excludes halogenated alkanes) is 1. The van der Waals surface area contributed by atoms with Gasteiger partial charge >= 0.3 is 5.97 Å². The summed E-state index contributed by atoms with van der Waals surface area (Å²) < 4.78 is 16.1. The number of para-hydroxylation sites is 2. The van der Waals surface area contributed by atoms with Crippen LogP contribution in [0.4, 0.5) is 0 Å². The molecule has 122 valence electrons. The summed E-state index contributed by atoms with van der Waals surface area (Å²) in [6, 6.07) is 18.3. The van der Waals surface area contributed by atoms with Crippen LogP contribution in [0.3, 0.4) is 0 Å². The molecule has 2 aromatic carbocycles. The van der Waals surface area contributed by atoms with E-state index in [4.69, 9.17) is 19.3 Å². The molecule has 0 aliphatic rings. The quantitative estimate of drug-likeness (QED) is 0.538. The average Bonchev–Trinajstić information content (AvgIpc) is 2.58. The van der Waals surface area contributed by atoms with Gasteiger partial charge in [0.25, 0.3) is 6.29 Å². The topological polar surface area (TPSA) is 65.0 Å². The van der Waals surface area contributed by atoms with Crippen LogP contribution in [-0.4, -0.2) is 30.6 Å². The highest BCUT2D eigenvalue weighted by molar-refractivity contribution is 5.71. The molecule has 0 aliphatic carbocycles. The van der Waals surface area contributed by atoms with Crippen LogP contribution >= 0.6 is 0 Å². The minimum atomic E-state index is -1.30. The van der Waals surface area contributed by atoms with E-state index in [1.54, 1.807) is 24.3 Å². The molecule has 0 aromatic heterocycles. The van der Waals surface area contributed by atoms with Crippen molar-refractivity contribution in [1.82, 2.24) is 0 Å². The van der Waals surface area contributed by atoms with E-state index in [9.17, 15) is 4.79 Å². The summed E-state index contributed by atoms with van der Waals surface area (Å²) in [6.07, 6.45) is 0.161. The SMILES string of the molecule is O=C(O)C(OCCCCOc1ccccc1)Oc1ccccc1. The van der Waals surface area contributed by atoms with Gasteiger partial charge in [-0.15, -0.1) is 0 Å². The van der Waals surface area contributed by atoms with Gasteiger partial charge in [0.1, 0.15) is 11.5 Å². The molecule has 0 aliphatic heterocycles. The molecular formula is C18H20O5. The molecule has 0 heterocycles. The van der Waals surface area contributed by atoms with Crippen LogP contribution in [-0.2, 0) is 9.53 Å². The molecular weight excluding hydrogens is 296 g/mol. The lowest BCUT2D eigenvalue weighted by Gasteiger charge is -2.15. The fourth-order valence-corrected chi connectivity index (χ4v) is 1.88. The zero-order valence-electron chi connectivity index (χ0n) is 12.8. The van der Waals surface area contributed by atoms with Crippen molar-refractivity contribution in [2.45, 2.75) is 19.1 Å². The minimum absolute atomic E-state index is 0.294. The highest BCUT2D eigenvalue weighted by Crippen LogP contribution is 2.12. The lowest BCUT2D eigenvalue weighted by atomic mass is 10.3. The zero-order valence-corrected chi connectivity index (χ0v) is 12.8. The van der Waals surface area contributed by atoms with Crippen molar-refractivity contribution in [2.24, 2.45) is 0 Å². The summed E-state index contributed by atoms with van der Waals surface area (Å²) in [5, 5.41) is 9.11. The van der Waals surface area contributed by atoms with E-state index < -0.39 is 12.3 Å². The first-order chi connectivity index (χ1) is 11.3. The van der Waals surface area contributed by atoms with Gasteiger partial charge < -0.3 is 19.3 Å². The number of benzene rings is 2. The first kappa shape index (κ1) is 16.8. The molecule has 1 atom stereocenters. The summed E-state index contributed by atoms with van der Waals surface area (Å²) >= 11 is 0. The molecule has 1 unspecified atom stereocenters. The Hall–Kier alpha value is -2.53. The van der Waals surface area contributed by atoms with E-state index in [1.807, 2.05) is 36.4 Å². The summed E-state index contributed by atoms with van der Waals surface area (Å²) in [4.78, 5) is 11.1. The normalized spacial score (nSPS) is 11.7. The largest absolute Gasteiger partial charge is 0.494 e. The Morgan fingerprint density at radius 2 is 1.43 bits per heavy atom. The lowest BCUT2D eigenvalue weighted by molar-refractivity contribution is -0.171. The Kier molecular flexibility index (Phi) is 6.94. The number of aliphatic carboxylic acids is 1. The number of carboxylic acids is 1. The van der Waals surface area contributed by atoms with E-state index in [2.05, 4.69) is 0 Å². The van der Waals surface area contributed by atoms with Gasteiger partial charge in [-0.05, 0) is 37.1 Å². The van der Waals surface area contributed by atoms with Crippen LogP contribution in [0.5, 0.6) is 11.5 Å². The predicted molar refractivity (Wildman–Crippen MR) is 85.6 cm³/mol. The predicted octanol–water partition coefficient (Wildman–Crippen LogP) is 3.35. The van der Waals surface area contributed by atoms with Crippen molar-refractivity contribution in [3.8, 4) is 11.5 Å². The first-order valence-electron chi connectivity index (χ1n) is 7.49. The monoisotopic (exact) mass is 316 g/mol. The highest BCUT2D eigenvalue weighted by Gasteiger charge is 2.19. The summed E-state index contributed by atoms with van der Waals surface area (Å²) in [7, 11) is 0. The van der Waals surface area contributed by atoms with Crippen LogP contribution in [0.1, 0.15) is 12.8 Å². The van der Waals surface area contributed by atoms with Gasteiger partial charge in [0.15, 0.2) is 0 Å². The number of carbonyl (C=O) groups is 1. The Labute approximate surface area is 135 Å². The molecule has 0 spiro atoms. The second-order valence-corrected chi connectivity index (χ2v) is 4.84. The molecule has 0 radical (unpaired) electrons. The van der Waals surface area contributed by atoms with Crippen molar-refractivity contribution in [1.29, 1.82) is 0 Å². The summed E-state index contributed by atoms with van der Waals surface area (Å²) in [5.74, 6) is 0.144. The molecule has 5 heteroatoms. The maximum absolute atomic E-state index is 11.1. The van der Waals surface area contributed by atoms with Crippen LogP contribution in [0, 0.1) is 0 Å². The summed E-state index contributed by atoms with van der Waals surface area (Å²) in [6.45, 7) is 0.854. The number of rotatable bonds is 10. The highest BCUT2D eigenvalue weighted by atomic mass is 16.7. The van der Waals surface area contributed by atoms with Crippen molar-refractivity contribution in [2.75, 3.05) is 13.2 Å². The van der Waals surface area contributed by atoms with Crippen LogP contribution in [0.15, 0.2) is 60.7 Å². The van der Waals surface area contributed by atoms with E-state index in [0.717, 1.165) is 12.2 Å². The van der Waals surface area contributed by atoms with Gasteiger partial charge in [0, 0.05) is 0 Å². The standard InChI is InChI=1S/C18H20O5/c19-17(20)18(23-16-11-5-2-6-12-16)22-14-8-7-13-21-15-9-3-1-4-10-15/h1-6,9-12,18H,7-8,13-14H2,(H,19,20). The average molecular weight is 316 g/mol. The van der Waals surface area contributed by atoms with Crippen LogP contribution < -0.4 is 9.47 Å². The number of hydrogen-bond acceptors (Lipinski definition) is 4. The van der Waals surface area contributed by atoms with Gasteiger partial charge in [0.2, 0.25) is 0 Å². The van der Waals surface area contributed by atoms with E-state index >= 15 is 0 Å². The van der Waals surface area contributed by atoms with Crippen molar-refractivity contribution in [3.63, 3.8) is 0 Å². The maximum Gasteiger partial charge on any atom is 0.373 e.